The van der Waals surface area contributed by atoms with Crippen molar-refractivity contribution in [2.45, 2.75) is 19.9 Å². The van der Waals surface area contributed by atoms with Gasteiger partial charge in [-0.3, -0.25) is 4.90 Å². The Morgan fingerprint density at radius 2 is 1.86 bits per heavy atom. The number of amides is 1. The standard InChI is InChI=1S/C25H34ClN7O3S/c1-19(2)27-23-6-8-33(28-23)24(34)30-12-10-29(11-13-30)15-20-4-5-21(26)14-22(20)31-9-7-25(16-31)17-32(18-25)37(3,35)36/h4-6,8,14H,1,7,9-13,15-18H2,2-3H3,(H,27,28). The molecule has 10 nitrogen and oxygen atoms in total. The van der Waals surface area contributed by atoms with Gasteiger partial charge >= 0.3 is 6.03 Å². The van der Waals surface area contributed by atoms with E-state index in [-0.39, 0.29) is 11.4 Å². The number of piperazine rings is 1. The van der Waals surface area contributed by atoms with Gasteiger partial charge in [0.25, 0.3) is 0 Å². The van der Waals surface area contributed by atoms with E-state index in [1.807, 2.05) is 24.0 Å². The average molecular weight is 548 g/mol. The predicted octanol–water partition coefficient (Wildman–Crippen LogP) is 2.74. The Kier molecular flexibility index (Phi) is 6.99. The lowest BCUT2D eigenvalue weighted by atomic mass is 9.81. The molecule has 3 fully saturated rings. The van der Waals surface area contributed by atoms with Crippen LogP contribution < -0.4 is 10.2 Å². The number of carbonyl (C=O) groups is 1. The molecule has 2 aromatic rings. The molecule has 3 aliphatic heterocycles. The van der Waals surface area contributed by atoms with Gasteiger partial charge in [0.05, 0.1) is 6.26 Å². The molecule has 200 valence electrons. The summed E-state index contributed by atoms with van der Waals surface area (Å²) in [6.45, 7) is 12.1. The van der Waals surface area contributed by atoms with Gasteiger partial charge in [-0.05, 0) is 31.0 Å². The molecule has 4 heterocycles. The summed E-state index contributed by atoms with van der Waals surface area (Å²) in [5, 5.41) is 8.02. The normalized spacial score (nSPS) is 20.3. The minimum Gasteiger partial charge on any atom is -0.371 e. The van der Waals surface area contributed by atoms with Crippen molar-refractivity contribution in [2.75, 3.05) is 68.8 Å². The van der Waals surface area contributed by atoms with Gasteiger partial charge in [-0.1, -0.05) is 24.2 Å². The molecule has 1 aromatic heterocycles. The molecule has 0 aliphatic carbocycles. The molecule has 37 heavy (non-hydrogen) atoms. The number of nitrogens with zero attached hydrogens (tertiary/aromatic N) is 6. The van der Waals surface area contributed by atoms with Crippen LogP contribution in [0.2, 0.25) is 5.02 Å². The largest absolute Gasteiger partial charge is 0.371 e. The summed E-state index contributed by atoms with van der Waals surface area (Å²) in [5.74, 6) is 0.601. The third-order valence-electron chi connectivity index (χ3n) is 7.48. The lowest BCUT2D eigenvalue weighted by Gasteiger charge is -2.46. The Balaban J connectivity index is 1.19. The molecule has 1 amide bonds. The summed E-state index contributed by atoms with van der Waals surface area (Å²) in [7, 11) is -3.13. The molecule has 12 heteroatoms. The van der Waals surface area contributed by atoms with E-state index < -0.39 is 10.0 Å². The van der Waals surface area contributed by atoms with Gasteiger partial charge in [-0.2, -0.15) is 4.68 Å². The van der Waals surface area contributed by atoms with Crippen LogP contribution in [0.1, 0.15) is 18.9 Å². The van der Waals surface area contributed by atoms with E-state index in [0.717, 1.165) is 50.5 Å². The SMILES string of the molecule is C=C(C)Nc1ccn(C(=O)N2CCN(Cc3ccc(Cl)cc3N3CCC4(C3)CN(S(C)(=O)=O)C4)CC2)n1. The van der Waals surface area contributed by atoms with Gasteiger partial charge in [0, 0.05) is 93.0 Å². The summed E-state index contributed by atoms with van der Waals surface area (Å²) in [6.07, 6.45) is 3.92. The highest BCUT2D eigenvalue weighted by Crippen LogP contribution is 2.43. The van der Waals surface area contributed by atoms with E-state index >= 15 is 0 Å². The molecule has 1 N–H and O–H groups in total. The molecule has 0 atom stereocenters. The minimum absolute atomic E-state index is 0.0287. The van der Waals surface area contributed by atoms with Gasteiger partial charge in [0.15, 0.2) is 5.82 Å². The Bertz CT molecular complexity index is 1300. The van der Waals surface area contributed by atoms with E-state index in [1.165, 1.54) is 16.5 Å². The molecule has 0 radical (unpaired) electrons. The maximum absolute atomic E-state index is 12.9. The smallest absolute Gasteiger partial charge is 0.344 e. The van der Waals surface area contributed by atoms with Crippen LogP contribution in [0.25, 0.3) is 0 Å². The number of carbonyl (C=O) groups excluding carboxylic acids is 1. The second kappa shape index (κ2) is 9.94. The quantitative estimate of drug-likeness (QED) is 0.594. The Morgan fingerprint density at radius 3 is 2.54 bits per heavy atom. The van der Waals surface area contributed by atoms with E-state index in [9.17, 15) is 13.2 Å². The van der Waals surface area contributed by atoms with Crippen molar-refractivity contribution in [3.63, 3.8) is 0 Å². The summed E-state index contributed by atoms with van der Waals surface area (Å²) in [5.41, 5.74) is 3.11. The van der Waals surface area contributed by atoms with Crippen molar-refractivity contribution in [1.29, 1.82) is 0 Å². The van der Waals surface area contributed by atoms with Crippen LogP contribution in [0, 0.1) is 5.41 Å². The second-order valence-electron chi connectivity index (χ2n) is 10.6. The van der Waals surface area contributed by atoms with Crippen LogP contribution in [0.5, 0.6) is 0 Å². The van der Waals surface area contributed by atoms with Gasteiger partial charge in [-0.15, -0.1) is 5.10 Å². The van der Waals surface area contributed by atoms with E-state index in [0.29, 0.717) is 37.0 Å². The van der Waals surface area contributed by atoms with Crippen molar-refractivity contribution in [3.8, 4) is 0 Å². The van der Waals surface area contributed by atoms with Crippen LogP contribution in [-0.2, 0) is 16.6 Å². The Morgan fingerprint density at radius 1 is 1.14 bits per heavy atom. The van der Waals surface area contributed by atoms with Crippen LogP contribution >= 0.6 is 11.6 Å². The van der Waals surface area contributed by atoms with Crippen molar-refractivity contribution in [2.24, 2.45) is 5.41 Å². The number of aromatic nitrogens is 2. The van der Waals surface area contributed by atoms with Crippen molar-refractivity contribution < 1.29 is 13.2 Å². The first-order chi connectivity index (χ1) is 17.5. The zero-order valence-electron chi connectivity index (χ0n) is 21.4. The van der Waals surface area contributed by atoms with Crippen LogP contribution in [0.4, 0.5) is 16.3 Å². The van der Waals surface area contributed by atoms with Gasteiger partial charge in [0.2, 0.25) is 10.0 Å². The summed E-state index contributed by atoms with van der Waals surface area (Å²) < 4.78 is 26.7. The molecule has 3 saturated heterocycles. The highest BCUT2D eigenvalue weighted by molar-refractivity contribution is 7.88. The number of anilines is 2. The average Bonchev–Trinajstić information content (AvgIpc) is 3.46. The number of nitrogens with one attached hydrogen (secondary N) is 1. The van der Waals surface area contributed by atoms with Crippen LogP contribution in [0.15, 0.2) is 42.7 Å². The summed E-state index contributed by atoms with van der Waals surface area (Å²) in [6, 6.07) is 7.67. The van der Waals surface area contributed by atoms with Crippen molar-refractivity contribution in [1.82, 2.24) is 23.9 Å². The minimum atomic E-state index is -3.13. The zero-order chi connectivity index (χ0) is 26.4. The molecule has 5 rings (SSSR count). The lowest BCUT2D eigenvalue weighted by molar-refractivity contribution is 0.0944. The fourth-order valence-electron chi connectivity index (χ4n) is 5.50. The van der Waals surface area contributed by atoms with Crippen LogP contribution in [0.3, 0.4) is 0 Å². The third-order valence-corrected chi connectivity index (χ3v) is 8.91. The summed E-state index contributed by atoms with van der Waals surface area (Å²) >= 11 is 6.39. The van der Waals surface area contributed by atoms with Crippen LogP contribution in [-0.4, -0.2) is 96.9 Å². The molecular formula is C25H34ClN7O3S. The first-order valence-corrected chi connectivity index (χ1v) is 14.7. The molecule has 0 bridgehead atoms. The zero-order valence-corrected chi connectivity index (χ0v) is 22.9. The Labute approximate surface area is 223 Å². The van der Waals surface area contributed by atoms with Gasteiger partial charge in [-0.25, -0.2) is 17.5 Å². The summed E-state index contributed by atoms with van der Waals surface area (Å²) in [4.78, 5) is 19.4. The van der Waals surface area contributed by atoms with E-state index in [2.05, 4.69) is 32.9 Å². The lowest BCUT2D eigenvalue weighted by Crippen LogP contribution is -2.59. The molecule has 3 aliphatic rings. The second-order valence-corrected chi connectivity index (χ2v) is 13.0. The number of hydrogen-bond acceptors (Lipinski definition) is 7. The van der Waals surface area contributed by atoms with Crippen molar-refractivity contribution >= 4 is 39.2 Å². The highest BCUT2D eigenvalue weighted by atomic mass is 35.5. The fourth-order valence-corrected chi connectivity index (χ4v) is 6.68. The molecule has 0 saturated carbocycles. The topological polar surface area (TPSA) is 94.0 Å². The number of sulfonamides is 1. The molecule has 1 aromatic carbocycles. The number of halogens is 1. The first kappa shape index (κ1) is 26.0. The van der Waals surface area contributed by atoms with Crippen molar-refractivity contribution in [3.05, 3.63) is 53.3 Å². The number of benzene rings is 1. The highest BCUT2D eigenvalue weighted by Gasteiger charge is 2.50. The molecular weight excluding hydrogens is 514 g/mol. The van der Waals surface area contributed by atoms with Gasteiger partial charge < -0.3 is 15.1 Å². The predicted molar refractivity (Wildman–Crippen MR) is 145 cm³/mol. The maximum Gasteiger partial charge on any atom is 0.344 e. The molecule has 0 unspecified atom stereocenters. The van der Waals surface area contributed by atoms with Gasteiger partial charge in [0.1, 0.15) is 0 Å². The van der Waals surface area contributed by atoms with E-state index in [4.69, 9.17) is 11.6 Å². The van der Waals surface area contributed by atoms with E-state index in [1.54, 1.807) is 16.6 Å². The fraction of sp³-hybridized carbons (Fsp3) is 0.520. The number of allylic oxidation sites excluding steroid dienone is 1. The third kappa shape index (κ3) is 5.64. The first-order valence-electron chi connectivity index (χ1n) is 12.5. The number of hydrogen-bond donors (Lipinski definition) is 1. The monoisotopic (exact) mass is 547 g/mol. The molecule has 1 spiro atoms. The Hall–Kier alpha value is -2.60. The number of rotatable bonds is 6. The maximum atomic E-state index is 12.9.